The van der Waals surface area contributed by atoms with Gasteiger partial charge in [0, 0.05) is 12.1 Å². The minimum Gasteiger partial charge on any atom is -0.493 e. The van der Waals surface area contributed by atoms with Gasteiger partial charge in [-0.25, -0.2) is 10.9 Å². The summed E-state index contributed by atoms with van der Waals surface area (Å²) in [5, 5.41) is 7.75. The molecule has 0 saturated carbocycles. The second-order valence-electron chi connectivity index (χ2n) is 6.46. The standard InChI is InChI=1S/C21H22N4O4/c1-14-17(21(27)25-23-14)11-20(26)24-22-12-16-8-9-18(19(10-16)28-2)29-13-15-6-4-3-5-7-15/h3-10,12,17H,11,13H2,1-2H3,(H,24,26)(H,25,27)/b22-12+. The van der Waals surface area contributed by atoms with Crippen molar-refractivity contribution in [2.45, 2.75) is 20.0 Å². The first-order chi connectivity index (χ1) is 14.1. The van der Waals surface area contributed by atoms with Crippen LogP contribution in [0.25, 0.3) is 0 Å². The number of hydrogen-bond donors (Lipinski definition) is 2. The first-order valence-electron chi connectivity index (χ1n) is 9.07. The molecular formula is C21H22N4O4. The minimum absolute atomic E-state index is 0.00586. The van der Waals surface area contributed by atoms with Crippen molar-refractivity contribution in [1.82, 2.24) is 10.9 Å². The summed E-state index contributed by atoms with van der Waals surface area (Å²) in [6, 6.07) is 15.2. The number of amides is 2. The van der Waals surface area contributed by atoms with E-state index >= 15 is 0 Å². The zero-order valence-corrected chi connectivity index (χ0v) is 16.2. The van der Waals surface area contributed by atoms with Crippen molar-refractivity contribution in [3.05, 3.63) is 59.7 Å². The average Bonchev–Trinajstić information content (AvgIpc) is 3.05. The molecule has 1 aliphatic heterocycles. The van der Waals surface area contributed by atoms with Gasteiger partial charge in [0.25, 0.3) is 0 Å². The lowest BCUT2D eigenvalue weighted by molar-refractivity contribution is -0.127. The molecule has 1 atom stereocenters. The molecule has 0 fully saturated rings. The predicted molar refractivity (Wildman–Crippen MR) is 109 cm³/mol. The van der Waals surface area contributed by atoms with Crippen LogP contribution in [-0.2, 0) is 16.2 Å². The molecule has 2 aromatic carbocycles. The van der Waals surface area contributed by atoms with Crippen molar-refractivity contribution in [2.75, 3.05) is 7.11 Å². The number of hydrazone groups is 2. The Kier molecular flexibility index (Phi) is 6.57. The van der Waals surface area contributed by atoms with E-state index in [9.17, 15) is 9.59 Å². The molecule has 0 aliphatic carbocycles. The third kappa shape index (κ3) is 5.41. The molecule has 0 aromatic heterocycles. The van der Waals surface area contributed by atoms with E-state index in [0.29, 0.717) is 23.8 Å². The van der Waals surface area contributed by atoms with E-state index < -0.39 is 5.92 Å². The Balaban J connectivity index is 1.56. The number of methoxy groups -OCH3 is 1. The Labute approximate surface area is 168 Å². The lowest BCUT2D eigenvalue weighted by atomic mass is 10.0. The molecule has 8 heteroatoms. The number of rotatable bonds is 8. The molecule has 0 spiro atoms. The first kappa shape index (κ1) is 20.1. The Hall–Kier alpha value is -3.68. The van der Waals surface area contributed by atoms with Gasteiger partial charge in [0.2, 0.25) is 11.8 Å². The molecule has 1 aliphatic rings. The highest BCUT2D eigenvalue weighted by Gasteiger charge is 2.28. The molecule has 150 valence electrons. The van der Waals surface area contributed by atoms with Crippen molar-refractivity contribution >= 4 is 23.7 Å². The Bertz CT molecular complexity index is 941. The number of ether oxygens (including phenoxy) is 2. The molecule has 2 N–H and O–H groups in total. The topological polar surface area (TPSA) is 101 Å². The van der Waals surface area contributed by atoms with Crippen molar-refractivity contribution in [1.29, 1.82) is 0 Å². The zero-order valence-electron chi connectivity index (χ0n) is 16.2. The van der Waals surface area contributed by atoms with Crippen LogP contribution in [0.15, 0.2) is 58.7 Å². The lowest BCUT2D eigenvalue weighted by Gasteiger charge is -2.11. The molecule has 1 unspecified atom stereocenters. The Morgan fingerprint density at radius 1 is 1.24 bits per heavy atom. The molecule has 2 aromatic rings. The van der Waals surface area contributed by atoms with Crippen molar-refractivity contribution in [3.8, 4) is 11.5 Å². The second-order valence-corrected chi connectivity index (χ2v) is 6.46. The van der Waals surface area contributed by atoms with Crippen molar-refractivity contribution < 1.29 is 19.1 Å². The summed E-state index contributed by atoms with van der Waals surface area (Å²) in [5.41, 5.74) is 7.14. The van der Waals surface area contributed by atoms with Gasteiger partial charge in [-0.15, -0.1) is 0 Å². The van der Waals surface area contributed by atoms with E-state index in [-0.39, 0.29) is 18.2 Å². The number of nitrogens with one attached hydrogen (secondary N) is 2. The maximum Gasteiger partial charge on any atom is 0.249 e. The van der Waals surface area contributed by atoms with Crippen LogP contribution in [-0.4, -0.2) is 30.9 Å². The molecule has 8 nitrogen and oxygen atoms in total. The Morgan fingerprint density at radius 3 is 2.72 bits per heavy atom. The van der Waals surface area contributed by atoms with Crippen LogP contribution in [0, 0.1) is 5.92 Å². The summed E-state index contributed by atoms with van der Waals surface area (Å²) in [5.74, 6) is -0.0263. The number of carbonyl (C=O) groups is 2. The summed E-state index contributed by atoms with van der Waals surface area (Å²) < 4.78 is 11.2. The fraction of sp³-hybridized carbons (Fsp3) is 0.238. The molecule has 0 bridgehead atoms. The minimum atomic E-state index is -0.550. The largest absolute Gasteiger partial charge is 0.493 e. The normalized spacial score (nSPS) is 15.7. The van der Waals surface area contributed by atoms with E-state index in [2.05, 4.69) is 21.1 Å². The molecule has 29 heavy (non-hydrogen) atoms. The number of nitrogens with zero attached hydrogens (tertiary/aromatic N) is 2. The van der Waals surface area contributed by atoms with Gasteiger partial charge in [-0.05, 0) is 36.2 Å². The van der Waals surface area contributed by atoms with Crippen molar-refractivity contribution in [2.24, 2.45) is 16.1 Å². The molecular weight excluding hydrogens is 372 g/mol. The van der Waals surface area contributed by atoms with Gasteiger partial charge >= 0.3 is 0 Å². The fourth-order valence-electron chi connectivity index (χ4n) is 2.76. The maximum absolute atomic E-state index is 12.0. The second kappa shape index (κ2) is 9.50. The van der Waals surface area contributed by atoms with Gasteiger partial charge in [0.05, 0.1) is 19.2 Å². The van der Waals surface area contributed by atoms with Crippen LogP contribution in [0.2, 0.25) is 0 Å². The average molecular weight is 394 g/mol. The number of benzene rings is 2. The van der Waals surface area contributed by atoms with E-state index in [4.69, 9.17) is 9.47 Å². The van der Waals surface area contributed by atoms with Crippen LogP contribution in [0.1, 0.15) is 24.5 Å². The van der Waals surface area contributed by atoms with Gasteiger partial charge in [-0.3, -0.25) is 9.59 Å². The van der Waals surface area contributed by atoms with E-state index in [1.54, 1.807) is 32.2 Å². The molecule has 3 rings (SSSR count). The Morgan fingerprint density at radius 2 is 2.03 bits per heavy atom. The third-order valence-electron chi connectivity index (χ3n) is 4.38. The smallest absolute Gasteiger partial charge is 0.249 e. The van der Waals surface area contributed by atoms with Crippen LogP contribution in [0.4, 0.5) is 0 Å². The highest BCUT2D eigenvalue weighted by atomic mass is 16.5. The monoisotopic (exact) mass is 394 g/mol. The SMILES string of the molecule is COc1cc(/C=N/NC(=O)CC2C(=O)NN=C2C)ccc1OCc1ccccc1. The van der Waals surface area contributed by atoms with Crippen molar-refractivity contribution in [3.63, 3.8) is 0 Å². The molecule has 1 heterocycles. The first-order valence-corrected chi connectivity index (χ1v) is 9.07. The van der Waals surface area contributed by atoms with Gasteiger partial charge in [0.1, 0.15) is 6.61 Å². The lowest BCUT2D eigenvalue weighted by Crippen LogP contribution is -2.29. The van der Waals surface area contributed by atoms with Crippen LogP contribution < -0.4 is 20.3 Å². The van der Waals surface area contributed by atoms with Gasteiger partial charge in [-0.1, -0.05) is 30.3 Å². The quantitative estimate of drug-likeness (QED) is 0.530. The highest BCUT2D eigenvalue weighted by molar-refractivity contribution is 6.09. The number of hydrogen-bond acceptors (Lipinski definition) is 6. The molecule has 0 saturated heterocycles. The van der Waals surface area contributed by atoms with Gasteiger partial charge < -0.3 is 9.47 Å². The van der Waals surface area contributed by atoms with Gasteiger partial charge in [-0.2, -0.15) is 10.2 Å². The third-order valence-corrected chi connectivity index (χ3v) is 4.38. The predicted octanol–water partition coefficient (Wildman–Crippen LogP) is 2.24. The number of carbonyl (C=O) groups excluding carboxylic acids is 2. The van der Waals surface area contributed by atoms with E-state index in [1.807, 2.05) is 30.3 Å². The van der Waals surface area contributed by atoms with E-state index in [1.165, 1.54) is 6.21 Å². The molecule has 0 radical (unpaired) electrons. The zero-order chi connectivity index (χ0) is 20.6. The maximum atomic E-state index is 12.0. The summed E-state index contributed by atoms with van der Waals surface area (Å²) >= 11 is 0. The van der Waals surface area contributed by atoms with E-state index in [0.717, 1.165) is 11.1 Å². The highest BCUT2D eigenvalue weighted by Crippen LogP contribution is 2.28. The van der Waals surface area contributed by atoms with Crippen LogP contribution in [0.5, 0.6) is 11.5 Å². The van der Waals surface area contributed by atoms with Crippen LogP contribution >= 0.6 is 0 Å². The van der Waals surface area contributed by atoms with Gasteiger partial charge in [0.15, 0.2) is 11.5 Å². The molecule has 2 amide bonds. The summed E-state index contributed by atoms with van der Waals surface area (Å²) in [7, 11) is 1.56. The fourth-order valence-corrected chi connectivity index (χ4v) is 2.76. The summed E-state index contributed by atoms with van der Waals surface area (Å²) in [6.45, 7) is 2.13. The summed E-state index contributed by atoms with van der Waals surface area (Å²) in [6.07, 6.45) is 1.49. The van der Waals surface area contributed by atoms with Crippen LogP contribution in [0.3, 0.4) is 0 Å². The summed E-state index contributed by atoms with van der Waals surface area (Å²) in [4.78, 5) is 23.6.